The Morgan fingerprint density at radius 2 is 1.89 bits per heavy atom. The van der Waals surface area contributed by atoms with Crippen LogP contribution in [-0.2, 0) is 0 Å². The van der Waals surface area contributed by atoms with E-state index in [2.05, 4.69) is 4.90 Å². The summed E-state index contributed by atoms with van der Waals surface area (Å²) in [7, 11) is 0. The summed E-state index contributed by atoms with van der Waals surface area (Å²) in [5.41, 5.74) is 6.31. The van der Waals surface area contributed by atoms with E-state index >= 15 is 0 Å². The Morgan fingerprint density at radius 1 is 1.22 bits per heavy atom. The molecule has 3 nitrogen and oxygen atoms in total. The van der Waals surface area contributed by atoms with E-state index in [4.69, 9.17) is 5.73 Å². The van der Waals surface area contributed by atoms with Gasteiger partial charge in [-0.25, -0.2) is 4.39 Å². The Balaban J connectivity index is 1.97. The van der Waals surface area contributed by atoms with Crippen molar-refractivity contribution < 1.29 is 9.50 Å². The van der Waals surface area contributed by atoms with Crippen molar-refractivity contribution in [3.8, 4) is 0 Å². The average Bonchev–Trinajstić information content (AvgIpc) is 2.61. The molecule has 1 aromatic carbocycles. The van der Waals surface area contributed by atoms with E-state index in [1.807, 2.05) is 0 Å². The number of aliphatic hydroxyl groups is 1. The summed E-state index contributed by atoms with van der Waals surface area (Å²) >= 11 is 0. The molecular formula is C14H21FN2O. The zero-order valence-electron chi connectivity index (χ0n) is 10.6. The van der Waals surface area contributed by atoms with Crippen LogP contribution in [0.5, 0.6) is 0 Å². The zero-order chi connectivity index (χ0) is 13.0. The lowest BCUT2D eigenvalue weighted by molar-refractivity contribution is 0.115. The van der Waals surface area contributed by atoms with Crippen LogP contribution in [0.1, 0.15) is 37.4 Å². The monoisotopic (exact) mass is 252 g/mol. The quantitative estimate of drug-likeness (QED) is 0.812. The third-order valence-corrected chi connectivity index (χ3v) is 3.53. The van der Waals surface area contributed by atoms with Gasteiger partial charge in [-0.1, -0.05) is 18.9 Å². The summed E-state index contributed by atoms with van der Waals surface area (Å²) in [6.45, 7) is 2.67. The molecule has 4 heteroatoms. The number of likely N-dealkylation sites (tertiary alicyclic amines) is 1. The second kappa shape index (κ2) is 6.16. The van der Waals surface area contributed by atoms with E-state index in [-0.39, 0.29) is 5.69 Å². The maximum absolute atomic E-state index is 13.1. The van der Waals surface area contributed by atoms with Crippen LogP contribution in [0.2, 0.25) is 0 Å². The molecule has 3 N–H and O–H groups in total. The summed E-state index contributed by atoms with van der Waals surface area (Å²) in [6.07, 6.45) is 4.34. The number of benzene rings is 1. The Labute approximate surface area is 107 Å². The maximum Gasteiger partial charge on any atom is 0.146 e. The molecule has 100 valence electrons. The fourth-order valence-corrected chi connectivity index (χ4v) is 2.44. The minimum absolute atomic E-state index is 0.0995. The SMILES string of the molecule is Nc1cc(C(O)CN2CCCCCC2)ccc1F. The summed E-state index contributed by atoms with van der Waals surface area (Å²) < 4.78 is 13.1. The third-order valence-electron chi connectivity index (χ3n) is 3.53. The van der Waals surface area contributed by atoms with Gasteiger partial charge in [-0.15, -0.1) is 0 Å². The molecule has 0 aromatic heterocycles. The topological polar surface area (TPSA) is 49.5 Å². The van der Waals surface area contributed by atoms with Crippen LogP contribution in [0.15, 0.2) is 18.2 Å². The van der Waals surface area contributed by atoms with Gasteiger partial charge in [-0.05, 0) is 43.6 Å². The molecule has 1 unspecified atom stereocenters. The molecular weight excluding hydrogens is 231 g/mol. The highest BCUT2D eigenvalue weighted by Crippen LogP contribution is 2.20. The summed E-state index contributed by atoms with van der Waals surface area (Å²) in [6, 6.07) is 4.45. The van der Waals surface area contributed by atoms with Crippen molar-refractivity contribution in [1.29, 1.82) is 0 Å². The first-order chi connectivity index (χ1) is 8.66. The zero-order valence-corrected chi connectivity index (χ0v) is 10.6. The number of nitrogens with two attached hydrogens (primary N) is 1. The van der Waals surface area contributed by atoms with Crippen molar-refractivity contribution in [1.82, 2.24) is 4.90 Å². The second-order valence-corrected chi connectivity index (χ2v) is 5.01. The molecule has 1 fully saturated rings. The fraction of sp³-hybridized carbons (Fsp3) is 0.571. The number of nitrogens with zero attached hydrogens (tertiary/aromatic N) is 1. The fourth-order valence-electron chi connectivity index (χ4n) is 2.44. The molecule has 0 amide bonds. The van der Waals surface area contributed by atoms with Gasteiger partial charge in [0.2, 0.25) is 0 Å². The molecule has 1 aliphatic rings. The van der Waals surface area contributed by atoms with Crippen LogP contribution in [0.3, 0.4) is 0 Å². The van der Waals surface area contributed by atoms with Gasteiger partial charge in [-0.3, -0.25) is 0 Å². The molecule has 0 spiro atoms. The molecule has 0 bridgehead atoms. The average molecular weight is 252 g/mol. The predicted molar refractivity (Wildman–Crippen MR) is 70.7 cm³/mol. The van der Waals surface area contributed by atoms with Gasteiger partial charge >= 0.3 is 0 Å². The second-order valence-electron chi connectivity index (χ2n) is 5.01. The molecule has 1 heterocycles. The van der Waals surface area contributed by atoms with Gasteiger partial charge in [-0.2, -0.15) is 0 Å². The number of rotatable bonds is 3. The van der Waals surface area contributed by atoms with Crippen molar-refractivity contribution in [2.45, 2.75) is 31.8 Å². The number of nitrogen functional groups attached to an aromatic ring is 1. The first-order valence-electron chi connectivity index (χ1n) is 6.62. The van der Waals surface area contributed by atoms with Crippen molar-refractivity contribution >= 4 is 5.69 Å². The summed E-state index contributed by atoms with van der Waals surface area (Å²) in [5, 5.41) is 10.2. The number of hydrogen-bond donors (Lipinski definition) is 2. The van der Waals surface area contributed by atoms with E-state index in [0.717, 1.165) is 13.1 Å². The molecule has 1 aliphatic heterocycles. The Morgan fingerprint density at radius 3 is 2.50 bits per heavy atom. The number of hydrogen-bond acceptors (Lipinski definition) is 3. The number of anilines is 1. The van der Waals surface area contributed by atoms with Gasteiger partial charge in [0, 0.05) is 6.54 Å². The van der Waals surface area contributed by atoms with Crippen LogP contribution in [0.4, 0.5) is 10.1 Å². The Bertz CT molecular complexity index is 389. The van der Waals surface area contributed by atoms with E-state index in [9.17, 15) is 9.50 Å². The largest absolute Gasteiger partial charge is 0.396 e. The minimum Gasteiger partial charge on any atom is -0.396 e. The number of aliphatic hydroxyl groups excluding tert-OH is 1. The number of β-amino-alcohol motifs (C(OH)–C–C–N with tert-alkyl or cyclic N) is 1. The lowest BCUT2D eigenvalue weighted by atomic mass is 10.1. The van der Waals surface area contributed by atoms with Crippen LogP contribution in [0, 0.1) is 5.82 Å². The van der Waals surface area contributed by atoms with Gasteiger partial charge < -0.3 is 15.7 Å². The van der Waals surface area contributed by atoms with Crippen molar-refractivity contribution in [2.75, 3.05) is 25.4 Å². The molecule has 1 aromatic rings. The molecule has 0 saturated carbocycles. The standard InChI is InChI=1S/C14H21FN2O/c15-12-6-5-11(9-13(12)16)14(18)10-17-7-3-1-2-4-8-17/h5-6,9,14,18H,1-4,7-8,10,16H2. The highest BCUT2D eigenvalue weighted by Gasteiger charge is 2.15. The van der Waals surface area contributed by atoms with E-state index in [0.29, 0.717) is 12.1 Å². The van der Waals surface area contributed by atoms with Crippen LogP contribution < -0.4 is 5.73 Å². The Kier molecular flexibility index (Phi) is 4.55. The van der Waals surface area contributed by atoms with Crippen molar-refractivity contribution in [3.63, 3.8) is 0 Å². The van der Waals surface area contributed by atoms with Gasteiger partial charge in [0.15, 0.2) is 0 Å². The van der Waals surface area contributed by atoms with Crippen molar-refractivity contribution in [3.05, 3.63) is 29.6 Å². The summed E-state index contributed by atoms with van der Waals surface area (Å²) in [5.74, 6) is -0.430. The smallest absolute Gasteiger partial charge is 0.146 e. The van der Waals surface area contributed by atoms with Gasteiger partial charge in [0.05, 0.1) is 11.8 Å². The highest BCUT2D eigenvalue weighted by molar-refractivity contribution is 5.43. The predicted octanol–water partition coefficient (Wildman–Crippen LogP) is 2.32. The normalized spacial score (nSPS) is 19.4. The molecule has 0 aliphatic carbocycles. The third kappa shape index (κ3) is 3.43. The summed E-state index contributed by atoms with van der Waals surface area (Å²) in [4.78, 5) is 2.28. The minimum atomic E-state index is -0.592. The molecule has 2 rings (SSSR count). The van der Waals surface area contributed by atoms with Crippen LogP contribution in [-0.4, -0.2) is 29.6 Å². The van der Waals surface area contributed by atoms with Gasteiger partial charge in [0.1, 0.15) is 5.82 Å². The number of halogens is 1. The maximum atomic E-state index is 13.1. The van der Waals surface area contributed by atoms with E-state index in [1.165, 1.54) is 37.8 Å². The highest BCUT2D eigenvalue weighted by atomic mass is 19.1. The first-order valence-corrected chi connectivity index (χ1v) is 6.62. The molecule has 1 saturated heterocycles. The Hall–Kier alpha value is -1.13. The van der Waals surface area contributed by atoms with E-state index in [1.54, 1.807) is 6.07 Å². The lowest BCUT2D eigenvalue weighted by Gasteiger charge is -2.23. The molecule has 18 heavy (non-hydrogen) atoms. The van der Waals surface area contributed by atoms with Gasteiger partial charge in [0.25, 0.3) is 0 Å². The molecule has 1 atom stereocenters. The van der Waals surface area contributed by atoms with Crippen LogP contribution >= 0.6 is 0 Å². The van der Waals surface area contributed by atoms with Crippen LogP contribution in [0.25, 0.3) is 0 Å². The lowest BCUT2D eigenvalue weighted by Crippen LogP contribution is -2.29. The van der Waals surface area contributed by atoms with E-state index < -0.39 is 11.9 Å². The molecule has 0 radical (unpaired) electrons. The first kappa shape index (κ1) is 13.3. The van der Waals surface area contributed by atoms with Crippen molar-refractivity contribution in [2.24, 2.45) is 0 Å².